The molecule has 0 aromatic carbocycles. The van der Waals surface area contributed by atoms with Crippen LogP contribution >= 0.6 is 0 Å². The van der Waals surface area contributed by atoms with E-state index < -0.39 is 11.6 Å². The predicted molar refractivity (Wildman–Crippen MR) is 70.1 cm³/mol. The van der Waals surface area contributed by atoms with Crippen LogP contribution in [0.25, 0.3) is 0 Å². The maximum atomic E-state index is 11.9. The van der Waals surface area contributed by atoms with Crippen LogP contribution in [-0.4, -0.2) is 40.3 Å². The Bertz CT molecular complexity index is 474. The Kier molecular flexibility index (Phi) is 3.30. The fourth-order valence-electron chi connectivity index (χ4n) is 2.69. The first-order valence-electron chi connectivity index (χ1n) is 6.25. The van der Waals surface area contributed by atoms with E-state index in [0.29, 0.717) is 12.8 Å². The van der Waals surface area contributed by atoms with E-state index in [1.54, 1.807) is 19.2 Å². The highest BCUT2D eigenvalue weighted by atomic mass is 16.6. The Morgan fingerprint density at radius 1 is 1.63 bits per heavy atom. The highest BCUT2D eigenvalue weighted by Gasteiger charge is 2.43. The third-order valence-corrected chi connectivity index (χ3v) is 4.05. The largest absolute Gasteiger partial charge is 0.369 e. The lowest BCUT2D eigenvalue weighted by atomic mass is 9.74. The van der Waals surface area contributed by atoms with Gasteiger partial charge in [-0.1, -0.05) is 6.08 Å². The summed E-state index contributed by atoms with van der Waals surface area (Å²) in [4.78, 5) is 28.2. The highest BCUT2D eigenvalue weighted by Crippen LogP contribution is 2.37. The zero-order chi connectivity index (χ0) is 14.2. The molecule has 1 aliphatic heterocycles. The van der Waals surface area contributed by atoms with E-state index in [9.17, 15) is 14.9 Å². The zero-order valence-electron chi connectivity index (χ0n) is 11.1. The first kappa shape index (κ1) is 13.5. The van der Waals surface area contributed by atoms with Crippen LogP contribution in [0.3, 0.4) is 0 Å². The molecular weight excluding hydrogens is 248 g/mol. The molecule has 104 valence electrons. The van der Waals surface area contributed by atoms with Crippen molar-refractivity contribution in [3.8, 4) is 0 Å². The number of nitrogens with two attached hydrogens (primary N) is 1. The van der Waals surface area contributed by atoms with Crippen LogP contribution in [0.2, 0.25) is 0 Å². The first-order valence-corrected chi connectivity index (χ1v) is 6.25. The van der Waals surface area contributed by atoms with Crippen LogP contribution in [0.1, 0.15) is 26.2 Å². The molecule has 0 fully saturated rings. The Labute approximate surface area is 111 Å². The number of carbonyl (C=O) groups is 1. The van der Waals surface area contributed by atoms with E-state index in [0.717, 1.165) is 0 Å². The maximum absolute atomic E-state index is 11.9. The second kappa shape index (κ2) is 4.64. The molecule has 2 rings (SSSR count). The fraction of sp³-hybridized carbons (Fsp3) is 0.667. The number of guanidine groups is 1. The molecule has 0 aromatic heterocycles. The number of amides is 1. The van der Waals surface area contributed by atoms with Gasteiger partial charge in [0, 0.05) is 18.4 Å². The molecule has 2 N–H and O–H groups in total. The summed E-state index contributed by atoms with van der Waals surface area (Å²) in [6, 6.07) is -0.693. The van der Waals surface area contributed by atoms with Crippen LogP contribution in [0.4, 0.5) is 0 Å². The monoisotopic (exact) mass is 266 g/mol. The normalized spacial score (nSPS) is 35.2. The summed E-state index contributed by atoms with van der Waals surface area (Å²) in [5.41, 5.74) is 5.10. The van der Waals surface area contributed by atoms with Gasteiger partial charge in [-0.2, -0.15) is 0 Å². The molecule has 3 unspecified atom stereocenters. The molecule has 0 spiro atoms. The Morgan fingerprint density at radius 3 is 2.89 bits per heavy atom. The van der Waals surface area contributed by atoms with E-state index in [4.69, 9.17) is 5.73 Å². The predicted octanol–water partition coefficient (Wildman–Crippen LogP) is 0.533. The maximum Gasteiger partial charge on any atom is 0.231 e. The van der Waals surface area contributed by atoms with E-state index in [2.05, 4.69) is 4.99 Å². The van der Waals surface area contributed by atoms with Gasteiger partial charge in [-0.3, -0.25) is 19.8 Å². The van der Waals surface area contributed by atoms with Crippen LogP contribution in [0.5, 0.6) is 0 Å². The summed E-state index contributed by atoms with van der Waals surface area (Å²) in [6.07, 6.45) is 4.75. The van der Waals surface area contributed by atoms with E-state index in [1.807, 2.05) is 6.92 Å². The molecule has 1 heterocycles. The molecule has 7 nitrogen and oxygen atoms in total. The molecule has 3 atom stereocenters. The van der Waals surface area contributed by atoms with Gasteiger partial charge >= 0.3 is 0 Å². The number of allylic oxidation sites excluding steroid dienone is 1. The van der Waals surface area contributed by atoms with Gasteiger partial charge in [0.25, 0.3) is 0 Å². The molecule has 1 amide bonds. The van der Waals surface area contributed by atoms with Gasteiger partial charge in [0.1, 0.15) is 0 Å². The quantitative estimate of drug-likeness (QED) is 0.447. The van der Waals surface area contributed by atoms with Crippen molar-refractivity contribution < 1.29 is 9.72 Å². The number of aliphatic imine (C=N–C) groups is 1. The summed E-state index contributed by atoms with van der Waals surface area (Å²) in [5.74, 6) is 0.0530. The molecular formula is C12H18N4O3. The second-order valence-corrected chi connectivity index (χ2v) is 5.41. The van der Waals surface area contributed by atoms with Crippen molar-refractivity contribution >= 4 is 11.9 Å². The standard InChI is InChI=1S/C12H18N4O3/c1-12(7-10(17)15(2)11(13)14-12)8-4-3-5-9(6-8)16(18)19/h3,5,8-9H,4,6-7H2,1-2H3,(H2,13,14). The zero-order valence-corrected chi connectivity index (χ0v) is 11.1. The van der Waals surface area contributed by atoms with Gasteiger partial charge in [0.05, 0.1) is 12.0 Å². The number of hydrogen-bond donors (Lipinski definition) is 1. The third-order valence-electron chi connectivity index (χ3n) is 4.05. The lowest BCUT2D eigenvalue weighted by molar-refractivity contribution is -0.512. The first-order chi connectivity index (χ1) is 8.83. The number of carbonyl (C=O) groups excluding carboxylic acids is 1. The average molecular weight is 266 g/mol. The minimum atomic E-state index is -0.693. The van der Waals surface area contributed by atoms with Crippen LogP contribution < -0.4 is 5.73 Å². The average Bonchev–Trinajstić information content (AvgIpc) is 2.36. The van der Waals surface area contributed by atoms with E-state index >= 15 is 0 Å². The molecule has 0 bridgehead atoms. The van der Waals surface area contributed by atoms with Gasteiger partial charge in [-0.05, 0) is 25.3 Å². The molecule has 7 heteroatoms. The molecule has 2 aliphatic rings. The molecule has 0 radical (unpaired) electrons. The summed E-state index contributed by atoms with van der Waals surface area (Å²) >= 11 is 0. The molecule has 0 aromatic rings. The van der Waals surface area contributed by atoms with Crippen LogP contribution in [-0.2, 0) is 4.79 Å². The topological polar surface area (TPSA) is 102 Å². The Morgan fingerprint density at radius 2 is 2.32 bits per heavy atom. The summed E-state index contributed by atoms with van der Waals surface area (Å²) in [7, 11) is 1.58. The summed E-state index contributed by atoms with van der Waals surface area (Å²) in [5, 5.41) is 10.9. The van der Waals surface area contributed by atoms with Crippen molar-refractivity contribution in [2.24, 2.45) is 16.6 Å². The lowest BCUT2D eigenvalue weighted by Gasteiger charge is -2.39. The number of nitro groups is 1. The molecule has 1 aliphatic carbocycles. The van der Waals surface area contributed by atoms with Gasteiger partial charge in [-0.25, -0.2) is 4.99 Å². The third kappa shape index (κ3) is 2.45. The van der Waals surface area contributed by atoms with Crippen LogP contribution in [0.15, 0.2) is 17.1 Å². The lowest BCUT2D eigenvalue weighted by Crippen LogP contribution is -2.52. The van der Waals surface area contributed by atoms with Crippen molar-refractivity contribution in [3.05, 3.63) is 22.3 Å². The van der Waals surface area contributed by atoms with Crippen molar-refractivity contribution in [2.45, 2.75) is 37.8 Å². The van der Waals surface area contributed by atoms with Crippen molar-refractivity contribution in [3.63, 3.8) is 0 Å². The Hall–Kier alpha value is -1.92. The van der Waals surface area contributed by atoms with Gasteiger partial charge < -0.3 is 5.73 Å². The van der Waals surface area contributed by atoms with Gasteiger partial charge in [0.2, 0.25) is 11.9 Å². The van der Waals surface area contributed by atoms with E-state index in [1.165, 1.54) is 4.90 Å². The molecule has 0 saturated carbocycles. The number of hydrogen-bond acceptors (Lipinski definition) is 5. The minimum absolute atomic E-state index is 0.0379. The van der Waals surface area contributed by atoms with Crippen molar-refractivity contribution in [1.82, 2.24) is 4.90 Å². The van der Waals surface area contributed by atoms with Crippen molar-refractivity contribution in [1.29, 1.82) is 0 Å². The smallest absolute Gasteiger partial charge is 0.231 e. The highest BCUT2D eigenvalue weighted by molar-refractivity contribution is 5.98. The molecule has 0 saturated heterocycles. The SMILES string of the molecule is CN1C(=O)CC(C)(C2CC=CC([N+](=O)[O-])C2)N=C1N. The van der Waals surface area contributed by atoms with Gasteiger partial charge in [0.15, 0.2) is 5.96 Å². The Balaban J connectivity index is 2.24. The van der Waals surface area contributed by atoms with E-state index in [-0.39, 0.29) is 29.1 Å². The minimum Gasteiger partial charge on any atom is -0.369 e. The molecule has 19 heavy (non-hydrogen) atoms. The number of rotatable bonds is 2. The fourth-order valence-corrected chi connectivity index (χ4v) is 2.69. The summed E-state index contributed by atoms with van der Waals surface area (Å²) in [6.45, 7) is 1.85. The summed E-state index contributed by atoms with van der Waals surface area (Å²) < 4.78 is 0. The number of nitrogens with zero attached hydrogens (tertiary/aromatic N) is 3. The van der Waals surface area contributed by atoms with Crippen LogP contribution in [0, 0.1) is 16.0 Å². The second-order valence-electron chi connectivity index (χ2n) is 5.41. The van der Waals surface area contributed by atoms with Crippen molar-refractivity contribution in [2.75, 3.05) is 7.05 Å². The van der Waals surface area contributed by atoms with Gasteiger partial charge in [-0.15, -0.1) is 0 Å².